The molecule has 1 saturated heterocycles. The second-order valence-electron chi connectivity index (χ2n) is 6.83. The normalized spacial score (nSPS) is 15.3. The number of amides is 2. The molecule has 0 unspecified atom stereocenters. The molecule has 0 bridgehead atoms. The molecule has 0 atom stereocenters. The van der Waals surface area contributed by atoms with Crippen LogP contribution in [-0.4, -0.2) is 30.0 Å². The van der Waals surface area contributed by atoms with E-state index in [2.05, 4.69) is 24.3 Å². The van der Waals surface area contributed by atoms with Crippen LogP contribution in [0.15, 0.2) is 47.5 Å². The number of ether oxygens (including phenoxy) is 1. The fourth-order valence-corrected chi connectivity index (χ4v) is 3.78. The van der Waals surface area contributed by atoms with Crippen LogP contribution in [0.5, 0.6) is 5.75 Å². The van der Waals surface area contributed by atoms with Gasteiger partial charge in [-0.05, 0) is 54.3 Å². The van der Waals surface area contributed by atoms with Crippen molar-refractivity contribution >= 4 is 40.3 Å². The number of hydrogen-bond donors (Lipinski definition) is 1. The highest BCUT2D eigenvalue weighted by Gasteiger charge is 2.32. The van der Waals surface area contributed by atoms with Crippen molar-refractivity contribution < 1.29 is 19.2 Å². The summed E-state index contributed by atoms with van der Waals surface area (Å²) in [4.78, 5) is 35.3. The summed E-state index contributed by atoms with van der Waals surface area (Å²) in [6, 6.07) is 12.6. The van der Waals surface area contributed by atoms with E-state index in [9.17, 15) is 9.59 Å². The van der Waals surface area contributed by atoms with Gasteiger partial charge in [-0.3, -0.25) is 20.0 Å². The molecule has 1 heterocycles. The summed E-state index contributed by atoms with van der Waals surface area (Å²) in [5.41, 5.74) is 6.21. The molecule has 8 heteroatoms. The molecule has 7 nitrogen and oxygen atoms in total. The van der Waals surface area contributed by atoms with Crippen LogP contribution in [-0.2, 0) is 9.63 Å². The predicted molar refractivity (Wildman–Crippen MR) is 116 cm³/mol. The fraction of sp³-hybridized carbons (Fsp3) is 0.286. The molecule has 2 amide bonds. The van der Waals surface area contributed by atoms with Crippen molar-refractivity contribution in [2.45, 2.75) is 26.7 Å². The lowest BCUT2D eigenvalue weighted by Crippen LogP contribution is -2.31. The van der Waals surface area contributed by atoms with E-state index in [1.165, 1.54) is 23.8 Å². The molecular formula is C21H23N3O4S. The van der Waals surface area contributed by atoms with Crippen molar-refractivity contribution in [1.82, 2.24) is 0 Å². The van der Waals surface area contributed by atoms with Gasteiger partial charge >= 0.3 is 6.09 Å². The number of hydrogen-bond acceptors (Lipinski definition) is 6. The van der Waals surface area contributed by atoms with Crippen molar-refractivity contribution in [3.05, 3.63) is 53.6 Å². The van der Waals surface area contributed by atoms with Gasteiger partial charge in [-0.1, -0.05) is 37.7 Å². The summed E-state index contributed by atoms with van der Waals surface area (Å²) in [6.07, 6.45) is -0.779. The molecule has 1 fully saturated rings. The maximum Gasteiger partial charge on any atom is 0.441 e. The third-order valence-electron chi connectivity index (χ3n) is 4.28. The third kappa shape index (κ3) is 4.96. The van der Waals surface area contributed by atoms with E-state index in [0.717, 1.165) is 22.5 Å². The minimum Gasteiger partial charge on any atom is -0.409 e. The molecule has 1 aliphatic heterocycles. The molecular weight excluding hydrogens is 390 g/mol. The number of carbonyl (C=O) groups is 2. The lowest BCUT2D eigenvalue weighted by atomic mass is 9.99. The zero-order chi connectivity index (χ0) is 21.0. The quantitative estimate of drug-likeness (QED) is 0.714. The number of carbonyl (C=O) groups excluding carboxylic acids is 2. The number of benzene rings is 2. The van der Waals surface area contributed by atoms with E-state index in [0.29, 0.717) is 10.9 Å². The summed E-state index contributed by atoms with van der Waals surface area (Å²) in [6.45, 7) is 6.10. The lowest BCUT2D eigenvalue weighted by Gasteiger charge is -2.22. The average molecular weight is 413 g/mol. The minimum atomic E-state index is -0.779. The summed E-state index contributed by atoms with van der Waals surface area (Å²) in [5.74, 6) is 0.690. The summed E-state index contributed by atoms with van der Waals surface area (Å²) < 4.78 is 5.28. The van der Waals surface area contributed by atoms with E-state index in [4.69, 9.17) is 9.57 Å². The van der Waals surface area contributed by atoms with Gasteiger partial charge in [0.15, 0.2) is 5.17 Å². The van der Waals surface area contributed by atoms with Crippen LogP contribution in [0.4, 0.5) is 16.2 Å². The Morgan fingerprint density at radius 2 is 1.93 bits per heavy atom. The van der Waals surface area contributed by atoms with Crippen LogP contribution in [0, 0.1) is 6.92 Å². The Kier molecular flexibility index (Phi) is 6.56. The highest BCUT2D eigenvalue weighted by Crippen LogP contribution is 2.34. The summed E-state index contributed by atoms with van der Waals surface area (Å²) in [7, 11) is 1.51. The van der Waals surface area contributed by atoms with Crippen molar-refractivity contribution in [3.63, 3.8) is 0 Å². The van der Waals surface area contributed by atoms with Crippen molar-refractivity contribution in [2.75, 3.05) is 23.2 Å². The summed E-state index contributed by atoms with van der Waals surface area (Å²) in [5, 5.41) is 0.324. The Labute approximate surface area is 174 Å². The zero-order valence-electron chi connectivity index (χ0n) is 16.8. The lowest BCUT2D eigenvalue weighted by molar-refractivity contribution is -0.115. The van der Waals surface area contributed by atoms with Crippen LogP contribution in [0.1, 0.15) is 30.9 Å². The first-order chi connectivity index (χ1) is 13.9. The van der Waals surface area contributed by atoms with Gasteiger partial charge in [0.2, 0.25) is 5.91 Å². The Hall–Kier alpha value is -2.84. The van der Waals surface area contributed by atoms with Gasteiger partial charge in [0.05, 0.1) is 24.2 Å². The van der Waals surface area contributed by atoms with Gasteiger partial charge in [0, 0.05) is 0 Å². The second kappa shape index (κ2) is 9.11. The van der Waals surface area contributed by atoms with Gasteiger partial charge < -0.3 is 4.74 Å². The average Bonchev–Trinajstić information content (AvgIpc) is 3.03. The Bertz CT molecular complexity index is 941. The van der Waals surface area contributed by atoms with Crippen LogP contribution in [0.2, 0.25) is 0 Å². The molecule has 29 heavy (non-hydrogen) atoms. The van der Waals surface area contributed by atoms with Crippen LogP contribution in [0.3, 0.4) is 0 Å². The Morgan fingerprint density at radius 3 is 2.59 bits per heavy atom. The molecule has 2 aromatic rings. The Balaban J connectivity index is 1.84. The SMILES string of the molecule is CONc1ccc(OC(=O)/N=C2\SCC(=O)N2c2cc(C)ccc2C(C)C)cc1. The number of thioether (sulfide) groups is 1. The van der Waals surface area contributed by atoms with Gasteiger partial charge in [0.1, 0.15) is 5.75 Å². The molecule has 152 valence electrons. The second-order valence-corrected chi connectivity index (χ2v) is 7.77. The van der Waals surface area contributed by atoms with Crippen LogP contribution >= 0.6 is 11.8 Å². The topological polar surface area (TPSA) is 80.2 Å². The smallest absolute Gasteiger partial charge is 0.409 e. The Morgan fingerprint density at radius 1 is 1.21 bits per heavy atom. The van der Waals surface area contributed by atoms with E-state index >= 15 is 0 Å². The number of rotatable bonds is 5. The van der Waals surface area contributed by atoms with Crippen molar-refractivity contribution in [1.29, 1.82) is 0 Å². The molecule has 0 radical (unpaired) electrons. The molecule has 0 aliphatic carbocycles. The number of nitrogens with one attached hydrogen (secondary N) is 1. The zero-order valence-corrected chi connectivity index (χ0v) is 17.6. The first-order valence-corrected chi connectivity index (χ1v) is 10.1. The maximum atomic E-state index is 12.6. The third-order valence-corrected chi connectivity index (χ3v) is 5.20. The number of aliphatic imine (C=N–C) groups is 1. The van der Waals surface area contributed by atoms with Gasteiger partial charge in [-0.25, -0.2) is 4.79 Å². The van der Waals surface area contributed by atoms with E-state index in [1.54, 1.807) is 24.3 Å². The molecule has 1 aliphatic rings. The maximum absolute atomic E-state index is 12.6. The standard InChI is InChI=1S/C21H23N3O4S/c1-13(2)17-10-5-14(3)11-18(17)24-19(25)12-29-20(24)22-21(26)28-16-8-6-15(7-9-16)23-27-4/h5-11,13,23H,12H2,1-4H3/b22-20-. The number of amidine groups is 1. The highest BCUT2D eigenvalue weighted by molar-refractivity contribution is 8.15. The minimum absolute atomic E-state index is 0.107. The molecule has 0 spiro atoms. The van der Waals surface area contributed by atoms with Crippen LogP contribution < -0.4 is 15.1 Å². The molecule has 0 aromatic heterocycles. The van der Waals surface area contributed by atoms with Crippen molar-refractivity contribution in [2.24, 2.45) is 4.99 Å². The monoisotopic (exact) mass is 413 g/mol. The first-order valence-electron chi connectivity index (χ1n) is 9.15. The van der Waals surface area contributed by atoms with Gasteiger partial charge in [-0.2, -0.15) is 0 Å². The largest absolute Gasteiger partial charge is 0.441 e. The van der Waals surface area contributed by atoms with Crippen molar-refractivity contribution in [3.8, 4) is 5.75 Å². The molecule has 0 saturated carbocycles. The van der Waals surface area contributed by atoms with Gasteiger partial charge in [0.25, 0.3) is 0 Å². The summed E-state index contributed by atoms with van der Waals surface area (Å²) >= 11 is 1.23. The van der Waals surface area contributed by atoms with Gasteiger partial charge in [-0.15, -0.1) is 4.99 Å². The number of anilines is 2. The number of nitrogens with zero attached hydrogens (tertiary/aromatic N) is 2. The van der Waals surface area contributed by atoms with E-state index in [-0.39, 0.29) is 17.6 Å². The van der Waals surface area contributed by atoms with E-state index < -0.39 is 6.09 Å². The number of aryl methyl sites for hydroxylation is 1. The highest BCUT2D eigenvalue weighted by atomic mass is 32.2. The predicted octanol–water partition coefficient (Wildman–Crippen LogP) is 4.73. The molecule has 3 rings (SSSR count). The fourth-order valence-electron chi connectivity index (χ4n) is 2.93. The van der Waals surface area contributed by atoms with E-state index in [1.807, 2.05) is 25.1 Å². The molecule has 1 N–H and O–H groups in total. The van der Waals surface area contributed by atoms with Crippen LogP contribution in [0.25, 0.3) is 0 Å². The first kappa shape index (κ1) is 20.9. The molecule has 2 aromatic carbocycles.